The van der Waals surface area contributed by atoms with Gasteiger partial charge in [0.15, 0.2) is 0 Å². The van der Waals surface area contributed by atoms with E-state index in [1.54, 1.807) is 24.3 Å². The molecular weight excluding hydrogens is 433 g/mol. The highest BCUT2D eigenvalue weighted by atomic mass is 19.4. The van der Waals surface area contributed by atoms with Gasteiger partial charge in [-0.15, -0.1) is 0 Å². The molecule has 0 radical (unpaired) electrons. The number of amides is 2. The lowest BCUT2D eigenvalue weighted by Gasteiger charge is -2.33. The lowest BCUT2D eigenvalue weighted by molar-refractivity contribution is -0.186. The maximum absolute atomic E-state index is 12.6. The summed E-state index contributed by atoms with van der Waals surface area (Å²) in [7, 11) is 0. The topological polar surface area (TPSA) is 66.5 Å². The van der Waals surface area contributed by atoms with Crippen molar-refractivity contribution in [3.05, 3.63) is 35.4 Å². The van der Waals surface area contributed by atoms with Crippen LogP contribution in [0.5, 0.6) is 0 Å². The molecule has 8 heteroatoms. The largest absolute Gasteiger partial charge is 0.471 e. The van der Waals surface area contributed by atoms with Crippen molar-refractivity contribution in [2.75, 3.05) is 19.6 Å². The first kappa shape index (κ1) is 28.7. The minimum Gasteiger partial charge on any atom is -0.345 e. The van der Waals surface area contributed by atoms with E-state index in [0.717, 1.165) is 4.90 Å². The van der Waals surface area contributed by atoms with E-state index in [-0.39, 0.29) is 31.3 Å². The van der Waals surface area contributed by atoms with Gasteiger partial charge in [0.1, 0.15) is 5.78 Å². The molecule has 186 valence electrons. The number of alkyl halides is 3. The van der Waals surface area contributed by atoms with Gasteiger partial charge in [0.05, 0.1) is 6.54 Å². The standard InChI is InChI=1S/C17H19F3N2O3.C6H12.C2H6/c1-11(23)9-21-15(24)13-5-2-4-12(8-13)14-6-3-7-22(10-14)16(25)17(18,19)20;1-2-4-6-5-3-1;1-2/h2,4-5,8,14H,3,6-7,9-10H2,1H3,(H,21,24);1-6H2;1-2H3. The molecule has 5 nitrogen and oxygen atoms in total. The number of nitrogens with zero attached hydrogens (tertiary/aromatic N) is 1. The van der Waals surface area contributed by atoms with Gasteiger partial charge in [0.2, 0.25) is 0 Å². The van der Waals surface area contributed by atoms with Gasteiger partial charge >= 0.3 is 12.1 Å². The van der Waals surface area contributed by atoms with Crippen LogP contribution in [0.2, 0.25) is 0 Å². The molecule has 1 aromatic rings. The van der Waals surface area contributed by atoms with E-state index in [9.17, 15) is 27.6 Å². The summed E-state index contributed by atoms with van der Waals surface area (Å²) in [4.78, 5) is 35.2. The lowest BCUT2D eigenvalue weighted by Crippen LogP contribution is -2.45. The van der Waals surface area contributed by atoms with Crippen LogP contribution in [0.4, 0.5) is 13.2 Å². The maximum atomic E-state index is 12.6. The predicted octanol–water partition coefficient (Wildman–Crippen LogP) is 5.64. The first-order valence-corrected chi connectivity index (χ1v) is 11.9. The number of nitrogens with one attached hydrogen (secondary N) is 1. The van der Waals surface area contributed by atoms with Gasteiger partial charge < -0.3 is 10.2 Å². The van der Waals surface area contributed by atoms with Gasteiger partial charge in [-0.05, 0) is 37.5 Å². The number of carbonyl (C=O) groups is 3. The Morgan fingerprint density at radius 2 is 1.58 bits per heavy atom. The normalized spacial score (nSPS) is 18.1. The Hall–Kier alpha value is -2.38. The van der Waals surface area contributed by atoms with Crippen molar-refractivity contribution in [2.45, 2.75) is 84.2 Å². The predicted molar refractivity (Wildman–Crippen MR) is 123 cm³/mol. The summed E-state index contributed by atoms with van der Waals surface area (Å²) in [6.07, 6.45) is 5.23. The van der Waals surface area contributed by atoms with Crippen LogP contribution in [0.3, 0.4) is 0 Å². The number of carbonyl (C=O) groups excluding carboxylic acids is 3. The Labute approximate surface area is 195 Å². The quantitative estimate of drug-likeness (QED) is 0.619. The zero-order chi connectivity index (χ0) is 24.9. The molecule has 2 amide bonds. The summed E-state index contributed by atoms with van der Waals surface area (Å²) in [5.74, 6) is -2.69. The Kier molecular flexibility index (Phi) is 12.8. The van der Waals surface area contributed by atoms with Crippen molar-refractivity contribution in [1.82, 2.24) is 10.2 Å². The third kappa shape index (κ3) is 10.4. The van der Waals surface area contributed by atoms with E-state index in [4.69, 9.17) is 0 Å². The third-order valence-corrected chi connectivity index (χ3v) is 5.57. The molecule has 1 aromatic carbocycles. The van der Waals surface area contributed by atoms with Crippen LogP contribution < -0.4 is 5.32 Å². The van der Waals surface area contributed by atoms with Gasteiger partial charge in [-0.3, -0.25) is 14.4 Å². The number of likely N-dealkylation sites (tertiary alicyclic amines) is 1. The Balaban J connectivity index is 0.000000578. The molecule has 1 N–H and O–H groups in total. The molecule has 1 saturated carbocycles. The van der Waals surface area contributed by atoms with Gasteiger partial charge in [-0.2, -0.15) is 13.2 Å². The van der Waals surface area contributed by atoms with Crippen LogP contribution in [-0.2, 0) is 9.59 Å². The summed E-state index contributed by atoms with van der Waals surface area (Å²) < 4.78 is 37.8. The Bertz CT molecular complexity index is 750. The molecule has 2 fully saturated rings. The number of rotatable bonds is 4. The highest BCUT2D eigenvalue weighted by Gasteiger charge is 2.43. The molecule has 0 aromatic heterocycles. The second kappa shape index (κ2) is 14.7. The van der Waals surface area contributed by atoms with Gasteiger partial charge in [-0.25, -0.2) is 0 Å². The molecule has 1 aliphatic heterocycles. The average molecular weight is 471 g/mol. The Morgan fingerprint density at radius 3 is 2.09 bits per heavy atom. The molecular formula is C25H37F3N2O3. The number of piperidine rings is 1. The number of ketones is 1. The smallest absolute Gasteiger partial charge is 0.345 e. The minimum atomic E-state index is -4.88. The first-order valence-electron chi connectivity index (χ1n) is 11.9. The number of hydrogen-bond donors (Lipinski definition) is 1. The van der Waals surface area contributed by atoms with Crippen molar-refractivity contribution in [1.29, 1.82) is 0 Å². The number of hydrogen-bond acceptors (Lipinski definition) is 3. The van der Waals surface area contributed by atoms with E-state index in [1.807, 2.05) is 13.8 Å². The zero-order valence-electron chi connectivity index (χ0n) is 20.0. The van der Waals surface area contributed by atoms with E-state index in [1.165, 1.54) is 45.4 Å². The van der Waals surface area contributed by atoms with Gasteiger partial charge in [0.25, 0.3) is 5.91 Å². The number of halogens is 3. The van der Waals surface area contributed by atoms with Crippen molar-refractivity contribution in [2.24, 2.45) is 0 Å². The van der Waals surface area contributed by atoms with Crippen LogP contribution in [0.25, 0.3) is 0 Å². The van der Waals surface area contributed by atoms with Crippen LogP contribution >= 0.6 is 0 Å². The van der Waals surface area contributed by atoms with Crippen LogP contribution in [0.1, 0.15) is 94.0 Å². The molecule has 1 atom stereocenters. The van der Waals surface area contributed by atoms with Crippen LogP contribution in [-0.4, -0.2) is 48.3 Å². The first-order chi connectivity index (χ1) is 15.7. The average Bonchev–Trinajstić information content (AvgIpc) is 2.84. The van der Waals surface area contributed by atoms with Crippen molar-refractivity contribution >= 4 is 17.6 Å². The van der Waals surface area contributed by atoms with Crippen LogP contribution in [0, 0.1) is 0 Å². The SMILES string of the molecule is C1CCCCC1.CC.CC(=O)CNC(=O)c1cccc(C2CCCN(C(=O)C(F)(F)F)C2)c1. The highest BCUT2D eigenvalue weighted by Crippen LogP contribution is 2.30. The molecule has 3 rings (SSSR count). The minimum absolute atomic E-state index is 0.0309. The summed E-state index contributed by atoms with van der Waals surface area (Å²) >= 11 is 0. The lowest BCUT2D eigenvalue weighted by atomic mass is 9.89. The molecule has 1 saturated heterocycles. The number of Topliss-reactive ketones (excluding diaryl/α,β-unsaturated/α-hetero) is 1. The van der Waals surface area contributed by atoms with Gasteiger partial charge in [0, 0.05) is 24.6 Å². The fourth-order valence-electron chi connectivity index (χ4n) is 3.91. The summed E-state index contributed by atoms with van der Waals surface area (Å²) in [6.45, 7) is 5.32. The van der Waals surface area contributed by atoms with Crippen molar-refractivity contribution < 1.29 is 27.6 Å². The number of benzene rings is 1. The van der Waals surface area contributed by atoms with Gasteiger partial charge in [-0.1, -0.05) is 64.5 Å². The fourth-order valence-corrected chi connectivity index (χ4v) is 3.91. The van der Waals surface area contributed by atoms with E-state index in [0.29, 0.717) is 24.0 Å². The summed E-state index contributed by atoms with van der Waals surface area (Å²) in [5, 5.41) is 2.47. The van der Waals surface area contributed by atoms with Crippen molar-refractivity contribution in [3.63, 3.8) is 0 Å². The molecule has 1 aliphatic carbocycles. The molecule has 1 heterocycles. The highest BCUT2D eigenvalue weighted by molar-refractivity contribution is 5.96. The fraction of sp³-hybridized carbons (Fsp3) is 0.640. The summed E-state index contributed by atoms with van der Waals surface area (Å²) in [5.41, 5.74) is 1.04. The molecule has 0 spiro atoms. The molecule has 33 heavy (non-hydrogen) atoms. The molecule has 2 aliphatic rings. The van der Waals surface area contributed by atoms with E-state index < -0.39 is 18.0 Å². The molecule has 0 bridgehead atoms. The second-order valence-corrected chi connectivity index (χ2v) is 8.22. The van der Waals surface area contributed by atoms with Crippen molar-refractivity contribution in [3.8, 4) is 0 Å². The van der Waals surface area contributed by atoms with Crippen LogP contribution in [0.15, 0.2) is 24.3 Å². The summed E-state index contributed by atoms with van der Waals surface area (Å²) in [6, 6.07) is 6.54. The Morgan fingerprint density at radius 1 is 1.00 bits per heavy atom. The molecule has 1 unspecified atom stereocenters. The third-order valence-electron chi connectivity index (χ3n) is 5.57. The monoisotopic (exact) mass is 470 g/mol. The van der Waals surface area contributed by atoms with E-state index in [2.05, 4.69) is 5.32 Å². The van der Waals surface area contributed by atoms with E-state index >= 15 is 0 Å². The second-order valence-electron chi connectivity index (χ2n) is 8.22. The zero-order valence-corrected chi connectivity index (χ0v) is 20.0. The maximum Gasteiger partial charge on any atom is 0.471 e.